The number of fused-ring (bicyclic) bond motifs is 1. The van der Waals surface area contributed by atoms with Gasteiger partial charge in [-0.25, -0.2) is 4.79 Å². The molecule has 0 radical (unpaired) electrons. The predicted molar refractivity (Wildman–Crippen MR) is 95.3 cm³/mol. The van der Waals surface area contributed by atoms with Gasteiger partial charge in [-0.2, -0.15) is 0 Å². The van der Waals surface area contributed by atoms with Crippen molar-refractivity contribution in [3.63, 3.8) is 0 Å². The predicted octanol–water partition coefficient (Wildman–Crippen LogP) is 4.07. The zero-order valence-electron chi connectivity index (χ0n) is 13.7. The molecular weight excluding hydrogens is 296 g/mol. The Kier molecular flexibility index (Phi) is 4.08. The lowest BCUT2D eigenvalue weighted by Crippen LogP contribution is -2.56. The third-order valence-electron chi connectivity index (χ3n) is 5.00. The molecule has 1 aliphatic heterocycles. The van der Waals surface area contributed by atoms with Crippen molar-refractivity contribution in [1.82, 2.24) is 9.80 Å². The molecule has 0 unspecified atom stereocenters. The fourth-order valence-electron chi connectivity index (χ4n) is 3.79. The van der Waals surface area contributed by atoms with E-state index in [2.05, 4.69) is 36.4 Å². The Morgan fingerprint density at radius 1 is 0.875 bits per heavy atom. The van der Waals surface area contributed by atoms with Crippen LogP contribution in [-0.2, 0) is 13.1 Å². The van der Waals surface area contributed by atoms with Crippen LogP contribution < -0.4 is 0 Å². The average molecular weight is 318 g/mol. The minimum atomic E-state index is 0.149. The van der Waals surface area contributed by atoms with E-state index in [1.54, 1.807) is 0 Å². The van der Waals surface area contributed by atoms with E-state index in [0.717, 1.165) is 13.0 Å². The van der Waals surface area contributed by atoms with Crippen LogP contribution in [0.3, 0.4) is 0 Å². The van der Waals surface area contributed by atoms with Crippen molar-refractivity contribution < 1.29 is 4.79 Å². The van der Waals surface area contributed by atoms with Gasteiger partial charge in [0.2, 0.25) is 0 Å². The molecule has 1 heterocycles. The summed E-state index contributed by atoms with van der Waals surface area (Å²) in [5, 5.41) is 0. The lowest BCUT2D eigenvalue weighted by atomic mass is 9.97. The standard InChI is InChI=1S/C21H22N2O/c24-21-22(14-17-8-3-1-4-9-17)16-19-12-7-13-20(19)23(21)15-18-10-5-2-6-11-18/h1-11,13,19-20H,12,14-16H2/t19-,20-/m0/s1. The summed E-state index contributed by atoms with van der Waals surface area (Å²) in [5.74, 6) is 0.509. The summed E-state index contributed by atoms with van der Waals surface area (Å²) in [7, 11) is 0. The molecular formula is C21H22N2O. The quantitative estimate of drug-likeness (QED) is 0.780. The molecule has 24 heavy (non-hydrogen) atoms. The maximum atomic E-state index is 13.1. The van der Waals surface area contributed by atoms with Crippen LogP contribution >= 0.6 is 0 Å². The second-order valence-electron chi connectivity index (χ2n) is 6.68. The van der Waals surface area contributed by atoms with Crippen LogP contribution in [0.1, 0.15) is 17.5 Å². The number of rotatable bonds is 4. The molecule has 0 spiro atoms. The van der Waals surface area contributed by atoms with E-state index in [4.69, 9.17) is 0 Å². The number of urea groups is 1. The zero-order valence-corrected chi connectivity index (χ0v) is 13.7. The van der Waals surface area contributed by atoms with Crippen molar-refractivity contribution in [3.8, 4) is 0 Å². The number of hydrogen-bond donors (Lipinski definition) is 0. The van der Waals surface area contributed by atoms with Gasteiger partial charge in [-0.15, -0.1) is 0 Å². The molecule has 2 aromatic carbocycles. The maximum absolute atomic E-state index is 13.1. The monoisotopic (exact) mass is 318 g/mol. The van der Waals surface area contributed by atoms with Crippen LogP contribution in [0.5, 0.6) is 0 Å². The van der Waals surface area contributed by atoms with Gasteiger partial charge in [0.1, 0.15) is 0 Å². The van der Waals surface area contributed by atoms with Gasteiger partial charge in [0.15, 0.2) is 0 Å². The van der Waals surface area contributed by atoms with E-state index in [0.29, 0.717) is 19.0 Å². The number of nitrogens with zero attached hydrogens (tertiary/aromatic N) is 2. The highest BCUT2D eigenvalue weighted by molar-refractivity contribution is 5.76. The molecule has 0 bridgehead atoms. The third-order valence-corrected chi connectivity index (χ3v) is 5.00. The molecule has 122 valence electrons. The van der Waals surface area contributed by atoms with Gasteiger partial charge in [-0.05, 0) is 17.5 Å². The average Bonchev–Trinajstić information content (AvgIpc) is 3.08. The molecule has 4 rings (SSSR count). The van der Waals surface area contributed by atoms with E-state index in [1.165, 1.54) is 11.1 Å². The molecule has 1 saturated heterocycles. The molecule has 2 amide bonds. The Bertz CT molecular complexity index is 726. The Morgan fingerprint density at radius 2 is 1.50 bits per heavy atom. The van der Waals surface area contributed by atoms with E-state index < -0.39 is 0 Å². The maximum Gasteiger partial charge on any atom is 0.321 e. The molecule has 0 N–H and O–H groups in total. The van der Waals surface area contributed by atoms with Crippen LogP contribution in [0.4, 0.5) is 4.79 Å². The number of carbonyl (C=O) groups excluding carboxylic acids is 1. The normalized spacial score (nSPS) is 22.8. The van der Waals surface area contributed by atoms with Crippen LogP contribution in [0, 0.1) is 5.92 Å². The minimum absolute atomic E-state index is 0.149. The summed E-state index contributed by atoms with van der Waals surface area (Å²) < 4.78 is 0. The Hall–Kier alpha value is -2.55. The van der Waals surface area contributed by atoms with Gasteiger partial charge < -0.3 is 9.80 Å². The molecule has 2 aliphatic rings. The highest BCUT2D eigenvalue weighted by atomic mass is 16.2. The third kappa shape index (κ3) is 2.94. The second kappa shape index (κ2) is 6.52. The van der Waals surface area contributed by atoms with E-state index in [1.807, 2.05) is 46.2 Å². The zero-order chi connectivity index (χ0) is 16.4. The number of carbonyl (C=O) groups is 1. The first-order valence-electron chi connectivity index (χ1n) is 8.61. The largest absolute Gasteiger partial charge is 0.321 e. The molecule has 0 saturated carbocycles. The van der Waals surface area contributed by atoms with E-state index in [9.17, 15) is 4.79 Å². The van der Waals surface area contributed by atoms with Gasteiger partial charge in [-0.3, -0.25) is 0 Å². The highest BCUT2D eigenvalue weighted by Crippen LogP contribution is 2.32. The van der Waals surface area contributed by atoms with Gasteiger partial charge in [0, 0.05) is 25.6 Å². The second-order valence-corrected chi connectivity index (χ2v) is 6.68. The lowest BCUT2D eigenvalue weighted by molar-refractivity contribution is 0.0778. The van der Waals surface area contributed by atoms with Crippen molar-refractivity contribution in [2.75, 3.05) is 6.54 Å². The van der Waals surface area contributed by atoms with Crippen LogP contribution in [0.15, 0.2) is 72.8 Å². The van der Waals surface area contributed by atoms with E-state index >= 15 is 0 Å². The fourth-order valence-corrected chi connectivity index (χ4v) is 3.79. The number of benzene rings is 2. The van der Waals surface area contributed by atoms with Crippen molar-refractivity contribution in [2.45, 2.75) is 25.6 Å². The number of amides is 2. The van der Waals surface area contributed by atoms with Crippen molar-refractivity contribution >= 4 is 6.03 Å². The van der Waals surface area contributed by atoms with Crippen molar-refractivity contribution in [3.05, 3.63) is 83.9 Å². The summed E-state index contributed by atoms with van der Waals surface area (Å²) >= 11 is 0. The van der Waals surface area contributed by atoms with Crippen LogP contribution in [-0.4, -0.2) is 28.4 Å². The molecule has 1 aliphatic carbocycles. The molecule has 2 atom stereocenters. The molecule has 2 aromatic rings. The molecule has 0 aromatic heterocycles. The lowest BCUT2D eigenvalue weighted by Gasteiger charge is -2.43. The Balaban J connectivity index is 1.56. The highest BCUT2D eigenvalue weighted by Gasteiger charge is 2.40. The van der Waals surface area contributed by atoms with Gasteiger partial charge in [-0.1, -0.05) is 72.8 Å². The number of allylic oxidation sites excluding steroid dienone is 1. The Labute approximate surface area is 143 Å². The first-order valence-corrected chi connectivity index (χ1v) is 8.61. The van der Waals surface area contributed by atoms with Gasteiger partial charge in [0.25, 0.3) is 0 Å². The smallest absolute Gasteiger partial charge is 0.320 e. The topological polar surface area (TPSA) is 23.6 Å². The summed E-state index contributed by atoms with van der Waals surface area (Å²) in [5.41, 5.74) is 2.38. The van der Waals surface area contributed by atoms with Gasteiger partial charge in [0.05, 0.1) is 6.04 Å². The van der Waals surface area contributed by atoms with Gasteiger partial charge >= 0.3 is 6.03 Å². The molecule has 1 fully saturated rings. The first-order chi connectivity index (χ1) is 11.8. The van der Waals surface area contributed by atoms with Crippen LogP contribution in [0.25, 0.3) is 0 Å². The summed E-state index contributed by atoms with van der Waals surface area (Å²) in [4.78, 5) is 17.1. The number of hydrogen-bond acceptors (Lipinski definition) is 1. The Morgan fingerprint density at radius 3 is 2.17 bits per heavy atom. The van der Waals surface area contributed by atoms with Crippen molar-refractivity contribution in [2.24, 2.45) is 5.92 Å². The van der Waals surface area contributed by atoms with E-state index in [-0.39, 0.29) is 12.1 Å². The summed E-state index contributed by atoms with van der Waals surface area (Å²) in [6, 6.07) is 20.9. The van der Waals surface area contributed by atoms with Crippen LogP contribution in [0.2, 0.25) is 0 Å². The molecule has 3 heteroatoms. The molecule has 3 nitrogen and oxygen atoms in total. The summed E-state index contributed by atoms with van der Waals surface area (Å²) in [6.07, 6.45) is 5.51. The SMILES string of the molecule is O=C1N(Cc2ccccc2)C[C@@H]2CC=C[C@@H]2N1Cc1ccccc1. The summed E-state index contributed by atoms with van der Waals surface area (Å²) in [6.45, 7) is 2.21. The van der Waals surface area contributed by atoms with Crippen molar-refractivity contribution in [1.29, 1.82) is 0 Å². The minimum Gasteiger partial charge on any atom is -0.320 e. The first kappa shape index (κ1) is 15.0. The fraction of sp³-hybridized carbons (Fsp3) is 0.286.